The molecular formula is C13H18ClNO. The largest absolute Gasteiger partial charge is 0.339 e. The minimum atomic E-state index is -0.127. The lowest BCUT2D eigenvalue weighted by molar-refractivity contribution is -0.134. The Hall–Kier alpha value is -1.02. The van der Waals surface area contributed by atoms with E-state index in [1.54, 1.807) is 4.90 Å². The molecule has 88 valence electrons. The highest BCUT2D eigenvalue weighted by Crippen LogP contribution is 2.20. The molecule has 2 atom stereocenters. The summed E-state index contributed by atoms with van der Waals surface area (Å²) < 4.78 is 0. The third kappa shape index (κ3) is 2.99. The summed E-state index contributed by atoms with van der Waals surface area (Å²) in [7, 11) is 1.82. The van der Waals surface area contributed by atoms with Gasteiger partial charge in [0.2, 0.25) is 5.91 Å². The second-order valence-corrected chi connectivity index (χ2v) is 4.40. The molecule has 0 heterocycles. The van der Waals surface area contributed by atoms with Gasteiger partial charge in [-0.1, -0.05) is 37.3 Å². The summed E-state index contributed by atoms with van der Waals surface area (Å²) in [5.74, 6) is 0.328. The van der Waals surface area contributed by atoms with Crippen LogP contribution < -0.4 is 0 Å². The number of carbonyl (C=O) groups is 1. The third-order valence-electron chi connectivity index (χ3n) is 2.86. The number of hydrogen-bond donors (Lipinski definition) is 0. The van der Waals surface area contributed by atoms with Crippen molar-refractivity contribution in [1.29, 1.82) is 0 Å². The number of benzene rings is 1. The summed E-state index contributed by atoms with van der Waals surface area (Å²) in [5, 5.41) is 0. The molecule has 3 heteroatoms. The Morgan fingerprint density at radius 1 is 1.31 bits per heavy atom. The number of rotatable bonds is 4. The summed E-state index contributed by atoms with van der Waals surface area (Å²) in [5.41, 5.74) is 1.14. The van der Waals surface area contributed by atoms with Crippen molar-refractivity contribution >= 4 is 17.5 Å². The molecule has 0 aliphatic carbocycles. The lowest BCUT2D eigenvalue weighted by Gasteiger charge is -2.27. The molecule has 1 aromatic rings. The van der Waals surface area contributed by atoms with Crippen LogP contribution in [0.1, 0.15) is 25.5 Å². The van der Waals surface area contributed by atoms with Gasteiger partial charge < -0.3 is 4.90 Å². The van der Waals surface area contributed by atoms with Crippen LogP contribution in [-0.2, 0) is 4.79 Å². The fourth-order valence-corrected chi connectivity index (χ4v) is 1.69. The van der Waals surface area contributed by atoms with Crippen molar-refractivity contribution in [2.45, 2.75) is 19.9 Å². The van der Waals surface area contributed by atoms with E-state index in [0.29, 0.717) is 5.88 Å². The van der Waals surface area contributed by atoms with Gasteiger partial charge in [0.15, 0.2) is 0 Å². The van der Waals surface area contributed by atoms with Crippen molar-refractivity contribution in [2.75, 3.05) is 12.9 Å². The Balaban J connectivity index is 2.75. The number of hydrogen-bond acceptors (Lipinski definition) is 1. The molecule has 0 radical (unpaired) electrons. The first-order valence-electron chi connectivity index (χ1n) is 5.45. The summed E-state index contributed by atoms with van der Waals surface area (Å²) in [6.07, 6.45) is 0. The predicted octanol–water partition coefficient (Wildman–Crippen LogP) is 3.08. The number of amides is 1. The zero-order valence-electron chi connectivity index (χ0n) is 9.98. The van der Waals surface area contributed by atoms with Crippen molar-refractivity contribution in [3.63, 3.8) is 0 Å². The fraction of sp³-hybridized carbons (Fsp3) is 0.462. The summed E-state index contributed by atoms with van der Waals surface area (Å²) in [4.78, 5) is 13.7. The van der Waals surface area contributed by atoms with Gasteiger partial charge in [-0.25, -0.2) is 0 Å². The van der Waals surface area contributed by atoms with E-state index in [9.17, 15) is 4.79 Å². The molecule has 0 N–H and O–H groups in total. The molecule has 2 unspecified atom stereocenters. The van der Waals surface area contributed by atoms with Crippen LogP contribution in [0.3, 0.4) is 0 Å². The minimum Gasteiger partial charge on any atom is -0.339 e. The Kier molecular flexibility index (Phi) is 4.81. The van der Waals surface area contributed by atoms with Crippen LogP contribution in [-0.4, -0.2) is 23.7 Å². The summed E-state index contributed by atoms with van der Waals surface area (Å²) in [6, 6.07) is 10.1. The smallest absolute Gasteiger partial charge is 0.226 e. The van der Waals surface area contributed by atoms with Crippen molar-refractivity contribution < 1.29 is 4.79 Å². The Morgan fingerprint density at radius 3 is 2.38 bits per heavy atom. The van der Waals surface area contributed by atoms with Gasteiger partial charge in [0.1, 0.15) is 0 Å². The quantitative estimate of drug-likeness (QED) is 0.740. The van der Waals surface area contributed by atoms with E-state index < -0.39 is 0 Å². The van der Waals surface area contributed by atoms with E-state index in [-0.39, 0.29) is 17.9 Å². The molecule has 2 nitrogen and oxygen atoms in total. The molecule has 0 saturated carbocycles. The molecular weight excluding hydrogens is 222 g/mol. The Bertz CT molecular complexity index is 339. The lowest BCUT2D eigenvalue weighted by atomic mass is 10.1. The van der Waals surface area contributed by atoms with Crippen LogP contribution in [0.4, 0.5) is 0 Å². The highest BCUT2D eigenvalue weighted by molar-refractivity contribution is 6.19. The first-order valence-corrected chi connectivity index (χ1v) is 5.99. The van der Waals surface area contributed by atoms with Crippen LogP contribution in [0, 0.1) is 5.92 Å². The average molecular weight is 240 g/mol. The molecule has 0 fully saturated rings. The van der Waals surface area contributed by atoms with Crippen LogP contribution in [0.25, 0.3) is 0 Å². The molecule has 0 aromatic heterocycles. The zero-order valence-corrected chi connectivity index (χ0v) is 10.7. The van der Waals surface area contributed by atoms with E-state index in [4.69, 9.17) is 11.6 Å². The first kappa shape index (κ1) is 13.0. The van der Waals surface area contributed by atoms with Crippen molar-refractivity contribution in [3.8, 4) is 0 Å². The number of alkyl halides is 1. The Labute approximate surface area is 102 Å². The van der Waals surface area contributed by atoms with Crippen molar-refractivity contribution in [1.82, 2.24) is 4.90 Å². The van der Waals surface area contributed by atoms with Gasteiger partial charge in [0, 0.05) is 18.8 Å². The average Bonchev–Trinajstić information content (AvgIpc) is 2.36. The number of nitrogens with zero attached hydrogens (tertiary/aromatic N) is 1. The summed E-state index contributed by atoms with van der Waals surface area (Å²) in [6.45, 7) is 3.87. The maximum Gasteiger partial charge on any atom is 0.226 e. The lowest BCUT2D eigenvalue weighted by Crippen LogP contribution is -2.34. The monoisotopic (exact) mass is 239 g/mol. The molecule has 0 aliphatic rings. The Morgan fingerprint density at radius 2 is 1.88 bits per heavy atom. The molecule has 1 aromatic carbocycles. The van der Waals surface area contributed by atoms with Crippen LogP contribution in [0.5, 0.6) is 0 Å². The molecule has 1 rings (SSSR count). The van der Waals surface area contributed by atoms with Crippen LogP contribution in [0.2, 0.25) is 0 Å². The summed E-state index contributed by atoms with van der Waals surface area (Å²) >= 11 is 5.69. The molecule has 0 saturated heterocycles. The van der Waals surface area contributed by atoms with Gasteiger partial charge in [-0.05, 0) is 12.5 Å². The van der Waals surface area contributed by atoms with E-state index in [1.807, 2.05) is 51.2 Å². The van der Waals surface area contributed by atoms with Gasteiger partial charge in [-0.3, -0.25) is 4.79 Å². The topological polar surface area (TPSA) is 20.3 Å². The third-order valence-corrected chi connectivity index (χ3v) is 3.33. The highest BCUT2D eigenvalue weighted by atomic mass is 35.5. The van der Waals surface area contributed by atoms with Crippen molar-refractivity contribution in [3.05, 3.63) is 35.9 Å². The first-order chi connectivity index (χ1) is 7.57. The van der Waals surface area contributed by atoms with Gasteiger partial charge in [-0.15, -0.1) is 11.6 Å². The van der Waals surface area contributed by atoms with Gasteiger partial charge in [0.05, 0.1) is 6.04 Å². The van der Waals surface area contributed by atoms with Gasteiger partial charge >= 0.3 is 0 Å². The second kappa shape index (κ2) is 5.90. The van der Waals surface area contributed by atoms with E-state index in [0.717, 1.165) is 5.56 Å². The number of halogens is 1. The molecule has 0 spiro atoms. The van der Waals surface area contributed by atoms with E-state index in [2.05, 4.69) is 0 Å². The van der Waals surface area contributed by atoms with Crippen LogP contribution in [0.15, 0.2) is 30.3 Å². The highest BCUT2D eigenvalue weighted by Gasteiger charge is 2.21. The second-order valence-electron chi connectivity index (χ2n) is 4.09. The normalized spacial score (nSPS) is 14.2. The van der Waals surface area contributed by atoms with Crippen LogP contribution >= 0.6 is 11.6 Å². The molecule has 0 bridgehead atoms. The zero-order chi connectivity index (χ0) is 12.1. The molecule has 0 aliphatic heterocycles. The van der Waals surface area contributed by atoms with Gasteiger partial charge in [0.25, 0.3) is 0 Å². The van der Waals surface area contributed by atoms with E-state index in [1.165, 1.54) is 0 Å². The van der Waals surface area contributed by atoms with E-state index >= 15 is 0 Å². The fourth-order valence-electron chi connectivity index (χ4n) is 1.56. The maximum atomic E-state index is 11.9. The standard InChI is InChI=1S/C13H18ClNO/c1-10(9-14)13(16)15(3)11(2)12-7-5-4-6-8-12/h4-8,10-11H,9H2,1-3H3. The molecule has 16 heavy (non-hydrogen) atoms. The maximum absolute atomic E-state index is 11.9. The number of carbonyl (C=O) groups excluding carboxylic acids is 1. The van der Waals surface area contributed by atoms with Crippen molar-refractivity contribution in [2.24, 2.45) is 5.92 Å². The SMILES string of the molecule is CC(CCl)C(=O)N(C)C(C)c1ccccc1. The minimum absolute atomic E-state index is 0.0827. The van der Waals surface area contributed by atoms with Gasteiger partial charge in [-0.2, -0.15) is 0 Å². The predicted molar refractivity (Wildman–Crippen MR) is 67.5 cm³/mol. The molecule has 1 amide bonds.